The molecule has 0 saturated heterocycles. The third-order valence-electron chi connectivity index (χ3n) is 4.09. The number of nitrogens with one attached hydrogen (secondary N) is 1. The second-order valence-electron chi connectivity index (χ2n) is 6.72. The third kappa shape index (κ3) is 5.85. The monoisotopic (exact) mass is 419 g/mol. The molecule has 2 aromatic carbocycles. The summed E-state index contributed by atoms with van der Waals surface area (Å²) in [6.45, 7) is 3.47. The minimum absolute atomic E-state index is 0.0315. The van der Waals surface area contributed by atoms with Crippen molar-refractivity contribution in [1.29, 1.82) is 0 Å². The van der Waals surface area contributed by atoms with Gasteiger partial charge in [0.25, 0.3) is 11.6 Å². The maximum absolute atomic E-state index is 10.9. The van der Waals surface area contributed by atoms with Gasteiger partial charge in [-0.2, -0.15) is 15.1 Å². The van der Waals surface area contributed by atoms with Crippen LogP contribution in [0.15, 0.2) is 63.9 Å². The molecule has 0 aliphatic rings. The molecule has 0 aliphatic heterocycles. The van der Waals surface area contributed by atoms with Crippen LogP contribution in [0.2, 0.25) is 0 Å². The summed E-state index contributed by atoms with van der Waals surface area (Å²) in [5, 5.41) is 23.5. The van der Waals surface area contributed by atoms with Crippen molar-refractivity contribution in [3.8, 4) is 0 Å². The summed E-state index contributed by atoms with van der Waals surface area (Å²) >= 11 is 0. The predicted octanol–water partition coefficient (Wildman–Crippen LogP) is 4.02. The van der Waals surface area contributed by atoms with E-state index in [0.717, 1.165) is 11.4 Å². The van der Waals surface area contributed by atoms with E-state index in [4.69, 9.17) is 0 Å². The summed E-state index contributed by atoms with van der Waals surface area (Å²) in [6.07, 6.45) is 0. The van der Waals surface area contributed by atoms with Crippen molar-refractivity contribution < 1.29 is 4.92 Å². The van der Waals surface area contributed by atoms with Crippen LogP contribution in [-0.4, -0.2) is 39.8 Å². The highest BCUT2D eigenvalue weighted by molar-refractivity contribution is 5.99. The molecule has 0 atom stereocenters. The van der Waals surface area contributed by atoms with Crippen molar-refractivity contribution in [1.82, 2.24) is 15.0 Å². The average molecular weight is 419 g/mol. The molecule has 0 bridgehead atoms. The maximum atomic E-state index is 10.9. The van der Waals surface area contributed by atoms with E-state index in [9.17, 15) is 10.1 Å². The Labute approximate surface area is 178 Å². The number of anilines is 2. The zero-order valence-electron chi connectivity index (χ0n) is 17.5. The van der Waals surface area contributed by atoms with Gasteiger partial charge in [0.05, 0.1) is 10.6 Å². The Hall–Kier alpha value is -4.28. The van der Waals surface area contributed by atoms with Gasteiger partial charge in [-0.3, -0.25) is 15.5 Å². The highest BCUT2D eigenvalue weighted by Crippen LogP contribution is 2.17. The Kier molecular flexibility index (Phi) is 6.55. The summed E-state index contributed by atoms with van der Waals surface area (Å²) in [4.78, 5) is 24.8. The van der Waals surface area contributed by atoms with Gasteiger partial charge in [-0.1, -0.05) is 0 Å². The summed E-state index contributed by atoms with van der Waals surface area (Å²) < 4.78 is 0. The number of hydrazone groups is 1. The second-order valence-corrected chi connectivity index (χ2v) is 6.72. The molecule has 1 aromatic heterocycles. The molecule has 0 unspecified atom stereocenters. The van der Waals surface area contributed by atoms with Gasteiger partial charge in [0.1, 0.15) is 11.6 Å². The number of aromatic nitrogens is 3. The van der Waals surface area contributed by atoms with Crippen LogP contribution >= 0.6 is 0 Å². The number of nitrogens with zero attached hydrogens (tertiary/aromatic N) is 8. The first-order chi connectivity index (χ1) is 14.8. The van der Waals surface area contributed by atoms with Gasteiger partial charge in [-0.15, -0.1) is 10.2 Å². The van der Waals surface area contributed by atoms with Gasteiger partial charge in [0.2, 0.25) is 5.84 Å². The van der Waals surface area contributed by atoms with Crippen molar-refractivity contribution in [3.63, 3.8) is 0 Å². The van der Waals surface area contributed by atoms with Gasteiger partial charge in [0.15, 0.2) is 0 Å². The first-order valence-electron chi connectivity index (χ1n) is 9.29. The van der Waals surface area contributed by atoms with E-state index in [1.54, 1.807) is 26.0 Å². The lowest BCUT2D eigenvalue weighted by atomic mass is 10.2. The van der Waals surface area contributed by atoms with Gasteiger partial charge < -0.3 is 4.90 Å². The Morgan fingerprint density at radius 1 is 0.968 bits per heavy atom. The smallest absolute Gasteiger partial charge is 0.272 e. The molecule has 31 heavy (non-hydrogen) atoms. The molecular formula is C20H21N9O2. The van der Waals surface area contributed by atoms with Crippen molar-refractivity contribution in [2.24, 2.45) is 15.3 Å². The SMILES string of the molecule is Cc1nc(C)nc(N=N/C(=N\Nc2ccc(N(C)C)cc2)c2ccc([N+](=O)[O-])cc2)n1. The number of benzene rings is 2. The molecular weight excluding hydrogens is 398 g/mol. The number of rotatable bonds is 6. The fraction of sp³-hybridized carbons (Fsp3) is 0.200. The Balaban J connectivity index is 1.91. The summed E-state index contributed by atoms with van der Waals surface area (Å²) in [7, 11) is 3.91. The second kappa shape index (κ2) is 9.48. The van der Waals surface area contributed by atoms with Gasteiger partial charge in [-0.05, 0) is 50.2 Å². The van der Waals surface area contributed by atoms with E-state index < -0.39 is 4.92 Å². The minimum atomic E-state index is -0.469. The van der Waals surface area contributed by atoms with Gasteiger partial charge in [-0.25, -0.2) is 4.98 Å². The number of non-ortho nitro benzene ring substituents is 1. The Morgan fingerprint density at radius 3 is 2.13 bits per heavy atom. The largest absolute Gasteiger partial charge is 0.378 e. The van der Waals surface area contributed by atoms with Crippen LogP contribution in [-0.2, 0) is 0 Å². The predicted molar refractivity (Wildman–Crippen MR) is 118 cm³/mol. The van der Waals surface area contributed by atoms with Crippen molar-refractivity contribution in [2.45, 2.75) is 13.8 Å². The number of nitro benzene ring substituents is 1. The lowest BCUT2D eigenvalue weighted by Crippen LogP contribution is -2.08. The zero-order chi connectivity index (χ0) is 22.4. The quantitative estimate of drug-likeness (QED) is 0.210. The first-order valence-corrected chi connectivity index (χ1v) is 9.29. The highest BCUT2D eigenvalue weighted by Gasteiger charge is 2.09. The van der Waals surface area contributed by atoms with Crippen LogP contribution in [0.25, 0.3) is 0 Å². The van der Waals surface area contributed by atoms with Crippen LogP contribution in [0.4, 0.5) is 23.0 Å². The molecule has 1 N–H and O–H groups in total. The molecule has 0 radical (unpaired) electrons. The Bertz CT molecular complexity index is 1100. The maximum Gasteiger partial charge on any atom is 0.272 e. The fourth-order valence-corrected chi connectivity index (χ4v) is 2.56. The van der Waals surface area contributed by atoms with Crippen molar-refractivity contribution >= 4 is 28.8 Å². The Morgan fingerprint density at radius 2 is 1.58 bits per heavy atom. The highest BCUT2D eigenvalue weighted by atomic mass is 16.6. The van der Waals surface area contributed by atoms with Crippen LogP contribution in [0.3, 0.4) is 0 Å². The van der Waals surface area contributed by atoms with Crippen LogP contribution < -0.4 is 10.3 Å². The van der Waals surface area contributed by atoms with E-state index in [2.05, 4.69) is 35.7 Å². The van der Waals surface area contributed by atoms with Crippen LogP contribution in [0, 0.1) is 24.0 Å². The van der Waals surface area contributed by atoms with E-state index >= 15 is 0 Å². The van der Waals surface area contributed by atoms with Crippen LogP contribution in [0.5, 0.6) is 0 Å². The van der Waals surface area contributed by atoms with E-state index in [-0.39, 0.29) is 17.5 Å². The number of azo groups is 1. The standard InChI is InChI=1S/C20H21N9O2/c1-13-21-14(2)23-20(22-13)27-26-19(15-5-9-18(10-6-15)29(30)31)25-24-16-7-11-17(12-8-16)28(3)4/h5-12,24H,1-4H3/b25-19-,27-26?. The molecule has 3 rings (SSSR count). The summed E-state index contributed by atoms with van der Waals surface area (Å²) in [6, 6.07) is 13.5. The van der Waals surface area contributed by atoms with E-state index in [0.29, 0.717) is 17.2 Å². The number of nitro groups is 1. The molecule has 11 heteroatoms. The number of hydrogen-bond acceptors (Lipinski definition) is 9. The molecule has 0 amide bonds. The van der Waals surface area contributed by atoms with Gasteiger partial charge in [0, 0.05) is 37.5 Å². The number of hydrogen-bond donors (Lipinski definition) is 1. The van der Waals surface area contributed by atoms with Gasteiger partial charge >= 0.3 is 0 Å². The molecule has 11 nitrogen and oxygen atoms in total. The topological polar surface area (TPSA) is 134 Å². The molecule has 0 aliphatic carbocycles. The molecule has 1 heterocycles. The van der Waals surface area contributed by atoms with Crippen LogP contribution in [0.1, 0.15) is 17.2 Å². The first kappa shape index (κ1) is 21.4. The fourth-order valence-electron chi connectivity index (χ4n) is 2.56. The summed E-state index contributed by atoms with van der Waals surface area (Å²) in [5.74, 6) is 1.40. The third-order valence-corrected chi connectivity index (χ3v) is 4.09. The molecule has 0 spiro atoms. The number of aryl methyl sites for hydroxylation is 2. The lowest BCUT2D eigenvalue weighted by molar-refractivity contribution is -0.384. The average Bonchev–Trinajstić information content (AvgIpc) is 2.73. The summed E-state index contributed by atoms with van der Waals surface area (Å²) in [5.41, 5.74) is 5.23. The van der Waals surface area contributed by atoms with E-state index in [1.807, 2.05) is 43.3 Å². The normalized spacial score (nSPS) is 11.5. The molecule has 0 fully saturated rings. The van der Waals surface area contributed by atoms with Crippen molar-refractivity contribution in [2.75, 3.05) is 24.4 Å². The minimum Gasteiger partial charge on any atom is -0.378 e. The molecule has 0 saturated carbocycles. The zero-order valence-corrected chi connectivity index (χ0v) is 17.5. The molecule has 3 aromatic rings. The lowest BCUT2D eigenvalue weighted by Gasteiger charge is -2.12. The van der Waals surface area contributed by atoms with Crippen molar-refractivity contribution in [3.05, 3.63) is 75.9 Å². The van der Waals surface area contributed by atoms with E-state index in [1.165, 1.54) is 12.1 Å². The number of amidine groups is 1. The molecule has 158 valence electrons.